The molecule has 0 aromatic heterocycles. The van der Waals surface area contributed by atoms with Crippen molar-refractivity contribution in [3.05, 3.63) is 0 Å². The topological polar surface area (TPSA) is 214 Å². The van der Waals surface area contributed by atoms with Crippen molar-refractivity contribution >= 4 is 41.4 Å². The normalized spacial score (nSPS) is 14.8. The van der Waals surface area contributed by atoms with E-state index in [1.807, 2.05) is 6.26 Å². The number of rotatable bonds is 14. The van der Waals surface area contributed by atoms with E-state index in [0.29, 0.717) is 12.2 Å². The van der Waals surface area contributed by atoms with Crippen molar-refractivity contribution in [3.63, 3.8) is 0 Å². The first-order valence-electron chi connectivity index (χ1n) is 8.81. The minimum Gasteiger partial charge on any atom is -0.480 e. The zero-order chi connectivity index (χ0) is 22.6. The van der Waals surface area contributed by atoms with Crippen molar-refractivity contribution in [3.8, 4) is 0 Å². The number of aliphatic hydroxyl groups is 1. The molecule has 0 spiro atoms. The van der Waals surface area contributed by atoms with Crippen LogP contribution < -0.4 is 27.4 Å². The molecule has 0 radical (unpaired) electrons. The molecule has 0 fully saturated rings. The van der Waals surface area contributed by atoms with Gasteiger partial charge in [0.2, 0.25) is 23.6 Å². The van der Waals surface area contributed by atoms with Crippen LogP contribution in [0.3, 0.4) is 0 Å². The van der Waals surface area contributed by atoms with Crippen molar-refractivity contribution in [2.45, 2.75) is 50.4 Å². The number of carboxylic acids is 1. The van der Waals surface area contributed by atoms with E-state index in [1.165, 1.54) is 18.7 Å². The Hall–Kier alpha value is -2.38. The summed E-state index contributed by atoms with van der Waals surface area (Å²) in [6.07, 6.45) is 1.77. The SMILES string of the molecule is CSCCC(N)C(=O)NC(C)C(=O)NC(CO)C(=O)NC(CCC(N)=O)C(=O)O. The number of nitrogens with two attached hydrogens (primary N) is 2. The Bertz CT molecular complexity index is 604. The molecule has 0 aromatic carbocycles. The second-order valence-electron chi connectivity index (χ2n) is 6.27. The van der Waals surface area contributed by atoms with Crippen molar-refractivity contribution in [1.82, 2.24) is 16.0 Å². The van der Waals surface area contributed by atoms with Gasteiger partial charge in [0.05, 0.1) is 12.6 Å². The number of carbonyl (C=O) groups is 5. The van der Waals surface area contributed by atoms with E-state index in [2.05, 4.69) is 16.0 Å². The Morgan fingerprint density at radius 1 is 0.966 bits per heavy atom. The Kier molecular flexibility index (Phi) is 12.6. The minimum absolute atomic E-state index is 0.247. The van der Waals surface area contributed by atoms with Gasteiger partial charge in [0.1, 0.15) is 18.1 Å². The maximum Gasteiger partial charge on any atom is 0.326 e. The van der Waals surface area contributed by atoms with Gasteiger partial charge in [-0.25, -0.2) is 4.79 Å². The van der Waals surface area contributed by atoms with E-state index in [0.717, 1.165) is 0 Å². The van der Waals surface area contributed by atoms with E-state index in [1.54, 1.807) is 0 Å². The molecule has 0 aliphatic rings. The van der Waals surface area contributed by atoms with Crippen LogP contribution in [0.25, 0.3) is 0 Å². The summed E-state index contributed by atoms with van der Waals surface area (Å²) in [5, 5.41) is 25.2. The largest absolute Gasteiger partial charge is 0.480 e. The lowest BCUT2D eigenvalue weighted by Crippen LogP contribution is -2.57. The number of hydrogen-bond donors (Lipinski definition) is 7. The van der Waals surface area contributed by atoms with E-state index < -0.39 is 60.4 Å². The number of thioether (sulfide) groups is 1. The smallest absolute Gasteiger partial charge is 0.326 e. The van der Waals surface area contributed by atoms with E-state index in [4.69, 9.17) is 16.6 Å². The summed E-state index contributed by atoms with van der Waals surface area (Å²) in [4.78, 5) is 58.3. The summed E-state index contributed by atoms with van der Waals surface area (Å²) in [6.45, 7) is 0.557. The summed E-state index contributed by atoms with van der Waals surface area (Å²) in [5.41, 5.74) is 10.7. The Labute approximate surface area is 172 Å². The predicted molar refractivity (Wildman–Crippen MR) is 106 cm³/mol. The molecule has 0 bridgehead atoms. The molecule has 166 valence electrons. The molecule has 4 amide bonds. The fraction of sp³-hybridized carbons (Fsp3) is 0.688. The molecule has 0 rings (SSSR count). The fourth-order valence-corrected chi connectivity index (χ4v) is 2.56. The summed E-state index contributed by atoms with van der Waals surface area (Å²) in [5.74, 6) is -3.74. The van der Waals surface area contributed by atoms with Crippen LogP contribution in [-0.4, -0.2) is 82.6 Å². The second kappa shape index (κ2) is 13.7. The molecule has 0 aliphatic carbocycles. The maximum atomic E-state index is 12.2. The fourth-order valence-electron chi connectivity index (χ4n) is 2.07. The van der Waals surface area contributed by atoms with Crippen molar-refractivity contribution in [2.75, 3.05) is 18.6 Å². The first-order valence-corrected chi connectivity index (χ1v) is 10.2. The van der Waals surface area contributed by atoms with Crippen LogP contribution in [0.4, 0.5) is 0 Å². The highest BCUT2D eigenvalue weighted by molar-refractivity contribution is 7.98. The quantitative estimate of drug-likeness (QED) is 0.147. The van der Waals surface area contributed by atoms with Gasteiger partial charge in [-0.1, -0.05) is 0 Å². The van der Waals surface area contributed by atoms with Crippen LogP contribution in [0.1, 0.15) is 26.2 Å². The average molecular weight is 436 g/mol. The molecule has 0 saturated carbocycles. The van der Waals surface area contributed by atoms with E-state index in [9.17, 15) is 29.1 Å². The molecule has 12 nitrogen and oxygen atoms in total. The van der Waals surface area contributed by atoms with Crippen molar-refractivity contribution < 1.29 is 34.2 Å². The van der Waals surface area contributed by atoms with Gasteiger partial charge in [0.15, 0.2) is 0 Å². The summed E-state index contributed by atoms with van der Waals surface area (Å²) < 4.78 is 0. The van der Waals surface area contributed by atoms with Crippen LogP contribution in [-0.2, 0) is 24.0 Å². The van der Waals surface area contributed by atoms with Crippen LogP contribution in [0.5, 0.6) is 0 Å². The number of amides is 4. The number of carboxylic acid groups (broad SMARTS) is 1. The Morgan fingerprint density at radius 2 is 1.55 bits per heavy atom. The monoisotopic (exact) mass is 435 g/mol. The molecule has 0 aliphatic heterocycles. The average Bonchev–Trinajstić information content (AvgIpc) is 2.66. The highest BCUT2D eigenvalue weighted by Gasteiger charge is 2.28. The van der Waals surface area contributed by atoms with Gasteiger partial charge in [-0.2, -0.15) is 11.8 Å². The molecular weight excluding hydrogens is 406 g/mol. The highest BCUT2D eigenvalue weighted by atomic mass is 32.2. The molecule has 0 heterocycles. The number of aliphatic hydroxyl groups excluding tert-OH is 1. The standard InChI is InChI=1S/C16H29N5O7S/c1-8(19-14(25)9(17)5-6-29-2)13(24)21-11(7-22)15(26)20-10(16(27)28)3-4-12(18)23/h8-11,22H,3-7,17H2,1-2H3,(H2,18,23)(H,19,25)(H,20,26)(H,21,24)(H,27,28). The molecule has 9 N–H and O–H groups in total. The van der Waals surface area contributed by atoms with E-state index in [-0.39, 0.29) is 12.8 Å². The maximum absolute atomic E-state index is 12.2. The van der Waals surface area contributed by atoms with Gasteiger partial charge in [-0.3, -0.25) is 19.2 Å². The third kappa shape index (κ3) is 10.7. The van der Waals surface area contributed by atoms with Crippen molar-refractivity contribution in [2.24, 2.45) is 11.5 Å². The summed E-state index contributed by atoms with van der Waals surface area (Å²) in [7, 11) is 0. The third-order valence-corrected chi connectivity index (χ3v) is 4.48. The van der Waals surface area contributed by atoms with Gasteiger partial charge < -0.3 is 37.6 Å². The molecule has 0 aromatic rings. The van der Waals surface area contributed by atoms with Gasteiger partial charge >= 0.3 is 5.97 Å². The predicted octanol–water partition coefficient (Wildman–Crippen LogP) is -3.12. The Morgan fingerprint density at radius 3 is 2.03 bits per heavy atom. The molecule has 29 heavy (non-hydrogen) atoms. The van der Waals surface area contributed by atoms with Crippen LogP contribution in [0.2, 0.25) is 0 Å². The summed E-state index contributed by atoms with van der Waals surface area (Å²) >= 11 is 1.52. The van der Waals surface area contributed by atoms with Crippen LogP contribution >= 0.6 is 11.8 Å². The zero-order valence-corrected chi connectivity index (χ0v) is 17.2. The van der Waals surface area contributed by atoms with Crippen LogP contribution in [0.15, 0.2) is 0 Å². The van der Waals surface area contributed by atoms with Gasteiger partial charge in [0, 0.05) is 6.42 Å². The molecule has 4 unspecified atom stereocenters. The number of primary amides is 1. The highest BCUT2D eigenvalue weighted by Crippen LogP contribution is 2.00. The molecular formula is C16H29N5O7S. The molecule has 4 atom stereocenters. The lowest BCUT2D eigenvalue weighted by atomic mass is 10.1. The van der Waals surface area contributed by atoms with Crippen LogP contribution in [0, 0.1) is 0 Å². The Balaban J connectivity index is 4.78. The third-order valence-electron chi connectivity index (χ3n) is 3.83. The first-order chi connectivity index (χ1) is 13.5. The first kappa shape index (κ1) is 26.6. The minimum atomic E-state index is -1.46. The lowest BCUT2D eigenvalue weighted by Gasteiger charge is -2.22. The number of carbonyl (C=O) groups excluding carboxylic acids is 4. The van der Waals surface area contributed by atoms with Gasteiger partial charge in [-0.15, -0.1) is 0 Å². The van der Waals surface area contributed by atoms with Gasteiger partial charge in [0.25, 0.3) is 0 Å². The zero-order valence-electron chi connectivity index (χ0n) is 16.3. The number of aliphatic carboxylic acids is 1. The van der Waals surface area contributed by atoms with Crippen molar-refractivity contribution in [1.29, 1.82) is 0 Å². The van der Waals surface area contributed by atoms with Gasteiger partial charge in [-0.05, 0) is 31.8 Å². The summed E-state index contributed by atoms with van der Waals surface area (Å²) in [6, 6.07) is -4.72. The number of nitrogens with one attached hydrogen (secondary N) is 3. The second-order valence-corrected chi connectivity index (χ2v) is 7.25. The number of hydrogen-bond acceptors (Lipinski definition) is 8. The molecule has 0 saturated heterocycles. The van der Waals surface area contributed by atoms with E-state index >= 15 is 0 Å². The lowest BCUT2D eigenvalue weighted by molar-refractivity contribution is -0.143. The molecule has 13 heteroatoms.